The molecule has 0 aliphatic carbocycles. The summed E-state index contributed by atoms with van der Waals surface area (Å²) in [5.74, 6) is -1.47. The summed E-state index contributed by atoms with van der Waals surface area (Å²) in [5.41, 5.74) is 0.897. The Kier molecular flexibility index (Phi) is 3.58. The lowest BCUT2D eigenvalue weighted by Crippen LogP contribution is -2.30. The number of hydrogen-bond donors (Lipinski definition) is 0. The number of aromatic nitrogens is 1. The number of carbonyl (C=O) groups is 3. The van der Waals surface area contributed by atoms with Crippen molar-refractivity contribution in [1.29, 1.82) is 0 Å². The van der Waals surface area contributed by atoms with Gasteiger partial charge in [-0.05, 0) is 31.2 Å². The zero-order chi connectivity index (χ0) is 17.6. The lowest BCUT2D eigenvalue weighted by atomic mass is 10.1. The van der Waals surface area contributed by atoms with Crippen molar-refractivity contribution >= 4 is 45.0 Å². The molecule has 1 aromatic carbocycles. The molecule has 0 spiro atoms. The number of amides is 2. The molecule has 2 amide bonds. The molecule has 0 bridgehead atoms. The van der Waals surface area contributed by atoms with Gasteiger partial charge in [0.2, 0.25) is 0 Å². The van der Waals surface area contributed by atoms with Gasteiger partial charge in [0.05, 0.1) is 23.4 Å². The molecule has 3 heterocycles. The first-order chi connectivity index (χ1) is 12.1. The van der Waals surface area contributed by atoms with E-state index >= 15 is 0 Å². The molecule has 25 heavy (non-hydrogen) atoms. The van der Waals surface area contributed by atoms with Crippen LogP contribution in [0.25, 0.3) is 10.2 Å². The molecular formula is C18H12N2O4S. The molecule has 6 nitrogen and oxygen atoms in total. The van der Waals surface area contributed by atoms with E-state index in [1.165, 1.54) is 0 Å². The first-order valence-corrected chi connectivity index (χ1v) is 8.47. The molecule has 0 saturated carbocycles. The topological polar surface area (TPSA) is 76.6 Å². The summed E-state index contributed by atoms with van der Waals surface area (Å²) in [6.45, 7) is 1.90. The van der Waals surface area contributed by atoms with Crippen LogP contribution in [0.1, 0.15) is 37.3 Å². The quantitative estimate of drug-likeness (QED) is 0.534. The molecule has 3 aromatic rings. The smallest absolute Gasteiger partial charge is 0.350 e. The number of nitrogens with zero attached hydrogens (tertiary/aromatic N) is 2. The summed E-state index contributed by atoms with van der Waals surface area (Å²) in [7, 11) is 0. The van der Waals surface area contributed by atoms with Crippen LogP contribution in [0.5, 0.6) is 0 Å². The van der Waals surface area contributed by atoms with Crippen LogP contribution in [0.3, 0.4) is 0 Å². The van der Waals surface area contributed by atoms with Gasteiger partial charge in [0, 0.05) is 11.6 Å². The highest BCUT2D eigenvalue weighted by molar-refractivity contribution is 7.21. The Hall–Kier alpha value is -3.06. The molecule has 4 rings (SSSR count). The Morgan fingerprint density at radius 3 is 2.44 bits per heavy atom. The third-order valence-electron chi connectivity index (χ3n) is 3.92. The van der Waals surface area contributed by atoms with E-state index in [0.717, 1.165) is 16.2 Å². The standard InChI is InChI=1S/C18H12N2O4S/c1-2-24-18(23)14-13(12-8-5-9-19-15(12)25-14)20-16(21)10-6-3-4-7-11(10)17(20)22/h3-9H,2H2,1H3. The van der Waals surface area contributed by atoms with Crippen molar-refractivity contribution in [2.75, 3.05) is 11.5 Å². The van der Waals surface area contributed by atoms with Crippen molar-refractivity contribution in [3.8, 4) is 0 Å². The molecule has 0 fully saturated rings. The van der Waals surface area contributed by atoms with Gasteiger partial charge in [-0.15, -0.1) is 11.3 Å². The highest BCUT2D eigenvalue weighted by atomic mass is 32.1. The normalized spacial score (nSPS) is 13.4. The van der Waals surface area contributed by atoms with Gasteiger partial charge in [0.25, 0.3) is 11.8 Å². The molecule has 124 valence electrons. The third kappa shape index (κ3) is 2.24. The van der Waals surface area contributed by atoms with Crippen LogP contribution < -0.4 is 4.90 Å². The number of imide groups is 1. The van der Waals surface area contributed by atoms with Gasteiger partial charge >= 0.3 is 5.97 Å². The van der Waals surface area contributed by atoms with E-state index in [1.807, 2.05) is 0 Å². The predicted molar refractivity (Wildman–Crippen MR) is 93.2 cm³/mol. The van der Waals surface area contributed by atoms with E-state index < -0.39 is 17.8 Å². The van der Waals surface area contributed by atoms with Crippen molar-refractivity contribution < 1.29 is 19.1 Å². The SMILES string of the molecule is CCOC(=O)c1sc2ncccc2c1N1C(=O)c2ccccc2C1=O. The minimum absolute atomic E-state index is 0.196. The zero-order valence-electron chi connectivity index (χ0n) is 13.2. The minimum atomic E-state index is -0.572. The number of benzene rings is 1. The van der Waals surface area contributed by atoms with E-state index in [2.05, 4.69) is 4.98 Å². The van der Waals surface area contributed by atoms with Crippen LogP contribution in [0.2, 0.25) is 0 Å². The van der Waals surface area contributed by atoms with Gasteiger partial charge in [0.15, 0.2) is 0 Å². The summed E-state index contributed by atoms with van der Waals surface area (Å²) >= 11 is 1.11. The number of carbonyl (C=O) groups excluding carboxylic acids is 3. The fraction of sp³-hybridized carbons (Fsp3) is 0.111. The number of hydrogen-bond acceptors (Lipinski definition) is 6. The molecule has 0 N–H and O–H groups in total. The average Bonchev–Trinajstić information content (AvgIpc) is 3.12. The van der Waals surface area contributed by atoms with Crippen LogP contribution >= 0.6 is 11.3 Å². The second-order valence-corrected chi connectivity index (χ2v) is 6.35. The molecule has 0 radical (unpaired) electrons. The molecule has 0 atom stereocenters. The van der Waals surface area contributed by atoms with Gasteiger partial charge in [0.1, 0.15) is 9.71 Å². The van der Waals surface area contributed by atoms with Crippen LogP contribution in [0.4, 0.5) is 5.69 Å². The van der Waals surface area contributed by atoms with Crippen LogP contribution in [-0.2, 0) is 4.74 Å². The molecule has 0 unspecified atom stereocenters. The lowest BCUT2D eigenvalue weighted by molar-refractivity contribution is 0.0533. The average molecular weight is 352 g/mol. The second kappa shape index (κ2) is 5.78. The Morgan fingerprint density at radius 1 is 1.12 bits per heavy atom. The molecule has 2 aromatic heterocycles. The summed E-state index contributed by atoms with van der Waals surface area (Å²) in [5, 5.41) is 0.574. The largest absolute Gasteiger partial charge is 0.462 e. The van der Waals surface area contributed by atoms with E-state index in [1.54, 1.807) is 49.5 Å². The Morgan fingerprint density at radius 2 is 1.80 bits per heavy atom. The van der Waals surface area contributed by atoms with Gasteiger partial charge in [-0.2, -0.15) is 0 Å². The maximum atomic E-state index is 12.8. The van der Waals surface area contributed by atoms with Crippen molar-refractivity contribution in [1.82, 2.24) is 4.98 Å². The molecular weight excluding hydrogens is 340 g/mol. The molecule has 1 aliphatic rings. The number of esters is 1. The maximum Gasteiger partial charge on any atom is 0.350 e. The van der Waals surface area contributed by atoms with Crippen LogP contribution in [-0.4, -0.2) is 29.4 Å². The van der Waals surface area contributed by atoms with Crippen molar-refractivity contribution in [3.63, 3.8) is 0 Å². The monoisotopic (exact) mass is 352 g/mol. The molecule has 7 heteroatoms. The van der Waals surface area contributed by atoms with E-state index in [9.17, 15) is 14.4 Å². The maximum absolute atomic E-state index is 12.8. The van der Waals surface area contributed by atoms with Crippen LogP contribution in [0.15, 0.2) is 42.6 Å². The number of thiophene rings is 1. The first kappa shape index (κ1) is 15.5. The lowest BCUT2D eigenvalue weighted by Gasteiger charge is -2.15. The van der Waals surface area contributed by atoms with Gasteiger partial charge in [-0.25, -0.2) is 14.7 Å². The summed E-state index contributed by atoms with van der Waals surface area (Å²) in [6.07, 6.45) is 1.60. The number of fused-ring (bicyclic) bond motifs is 2. The van der Waals surface area contributed by atoms with E-state index in [4.69, 9.17) is 4.74 Å². The molecule has 0 saturated heterocycles. The van der Waals surface area contributed by atoms with Crippen molar-refractivity contribution in [2.45, 2.75) is 6.92 Å². The molecule has 1 aliphatic heterocycles. The summed E-state index contributed by atoms with van der Waals surface area (Å²) < 4.78 is 5.10. The fourth-order valence-corrected chi connectivity index (χ4v) is 3.89. The van der Waals surface area contributed by atoms with Crippen molar-refractivity contribution in [3.05, 3.63) is 58.6 Å². The van der Waals surface area contributed by atoms with E-state index in [-0.39, 0.29) is 17.2 Å². The van der Waals surface area contributed by atoms with Gasteiger partial charge < -0.3 is 4.74 Å². The third-order valence-corrected chi connectivity index (χ3v) is 5.00. The number of rotatable bonds is 3. The first-order valence-electron chi connectivity index (χ1n) is 7.66. The Labute approximate surface area is 146 Å². The van der Waals surface area contributed by atoms with Gasteiger partial charge in [-0.3, -0.25) is 9.59 Å². The second-order valence-electron chi connectivity index (χ2n) is 5.35. The number of pyridine rings is 1. The van der Waals surface area contributed by atoms with Gasteiger partial charge in [-0.1, -0.05) is 12.1 Å². The summed E-state index contributed by atoms with van der Waals surface area (Å²) in [6, 6.07) is 10.0. The Balaban J connectivity index is 1.95. The number of anilines is 1. The van der Waals surface area contributed by atoms with Crippen molar-refractivity contribution in [2.24, 2.45) is 0 Å². The number of ether oxygens (including phenoxy) is 1. The Bertz CT molecular complexity index is 1010. The minimum Gasteiger partial charge on any atom is -0.462 e. The van der Waals surface area contributed by atoms with Crippen LogP contribution in [0, 0.1) is 0 Å². The summed E-state index contributed by atoms with van der Waals surface area (Å²) in [4.78, 5) is 44.1. The van der Waals surface area contributed by atoms with E-state index in [0.29, 0.717) is 21.3 Å². The zero-order valence-corrected chi connectivity index (χ0v) is 14.0. The fourth-order valence-electron chi connectivity index (χ4n) is 2.87. The predicted octanol–water partition coefficient (Wildman–Crippen LogP) is 3.27. The highest BCUT2D eigenvalue weighted by Gasteiger charge is 2.40. The highest BCUT2D eigenvalue weighted by Crippen LogP contribution is 2.41.